The molecule has 0 saturated carbocycles. The van der Waals surface area contributed by atoms with E-state index >= 15 is 0 Å². The highest BCUT2D eigenvalue weighted by atomic mass is 16.5. The van der Waals surface area contributed by atoms with Gasteiger partial charge in [-0.2, -0.15) is 0 Å². The fourth-order valence-corrected chi connectivity index (χ4v) is 1.49. The van der Waals surface area contributed by atoms with Crippen molar-refractivity contribution in [3.8, 4) is 0 Å². The molecule has 0 amide bonds. The lowest BCUT2D eigenvalue weighted by Crippen LogP contribution is -2.43. The predicted octanol–water partition coefficient (Wildman–Crippen LogP) is 1.06. The first-order chi connectivity index (χ1) is 7.77. The van der Waals surface area contributed by atoms with Crippen LogP contribution in [0.4, 0.5) is 0 Å². The van der Waals surface area contributed by atoms with Crippen molar-refractivity contribution in [3.05, 3.63) is 12.7 Å². The third-order valence-electron chi connectivity index (χ3n) is 2.51. The largest absolute Gasteiger partial charge is 0.481 e. The van der Waals surface area contributed by atoms with Crippen molar-refractivity contribution in [3.63, 3.8) is 0 Å². The van der Waals surface area contributed by atoms with E-state index in [0.717, 1.165) is 6.08 Å². The highest BCUT2D eigenvalue weighted by Crippen LogP contribution is 2.31. The van der Waals surface area contributed by atoms with E-state index < -0.39 is 35.8 Å². The summed E-state index contributed by atoms with van der Waals surface area (Å²) in [6, 6.07) is 0. The molecule has 0 aliphatic heterocycles. The van der Waals surface area contributed by atoms with Crippen LogP contribution in [0, 0.1) is 5.41 Å². The minimum Gasteiger partial charge on any atom is -0.481 e. The number of ether oxygens (including phenoxy) is 1. The number of carbonyl (C=O) groups is 3. The number of hydrogen-bond donors (Lipinski definition) is 2. The fourth-order valence-electron chi connectivity index (χ4n) is 1.49. The van der Waals surface area contributed by atoms with Gasteiger partial charge >= 0.3 is 17.9 Å². The maximum Gasteiger partial charge on any atom is 0.330 e. The molecule has 0 saturated heterocycles. The quantitative estimate of drug-likeness (QED) is 0.513. The molecule has 17 heavy (non-hydrogen) atoms. The average molecular weight is 244 g/mol. The van der Waals surface area contributed by atoms with Gasteiger partial charge in [0, 0.05) is 6.08 Å². The van der Waals surface area contributed by atoms with Crippen LogP contribution in [0.5, 0.6) is 0 Å². The normalized spacial score (nSPS) is 15.4. The van der Waals surface area contributed by atoms with Crippen molar-refractivity contribution in [2.75, 3.05) is 0 Å². The molecular formula is C11H16O6. The molecule has 2 unspecified atom stereocenters. The van der Waals surface area contributed by atoms with E-state index in [4.69, 9.17) is 14.9 Å². The zero-order valence-corrected chi connectivity index (χ0v) is 9.80. The Bertz CT molecular complexity index is 335. The van der Waals surface area contributed by atoms with Crippen LogP contribution in [0.15, 0.2) is 12.7 Å². The first-order valence-corrected chi connectivity index (χ1v) is 5.06. The number of aliphatic carboxylic acids is 2. The van der Waals surface area contributed by atoms with Gasteiger partial charge in [-0.25, -0.2) is 4.79 Å². The summed E-state index contributed by atoms with van der Waals surface area (Å²) in [6.07, 6.45) is -0.520. The molecule has 0 aromatic rings. The highest BCUT2D eigenvalue weighted by Gasteiger charge is 2.44. The second kappa shape index (κ2) is 6.03. The SMILES string of the molecule is C=CC(=O)OC(CC)C(C)(CC(=O)O)C(=O)O. The summed E-state index contributed by atoms with van der Waals surface area (Å²) in [5, 5.41) is 17.8. The second-order valence-corrected chi connectivity index (χ2v) is 3.83. The minimum absolute atomic E-state index is 0.204. The molecule has 0 aromatic heterocycles. The number of hydrogen-bond acceptors (Lipinski definition) is 4. The number of carboxylic acids is 2. The lowest BCUT2D eigenvalue weighted by atomic mass is 9.79. The molecule has 0 aliphatic rings. The molecule has 6 nitrogen and oxygen atoms in total. The van der Waals surface area contributed by atoms with Crippen molar-refractivity contribution < 1.29 is 29.3 Å². The maximum absolute atomic E-state index is 11.1. The van der Waals surface area contributed by atoms with Gasteiger partial charge in [-0.15, -0.1) is 0 Å². The fraction of sp³-hybridized carbons (Fsp3) is 0.545. The molecule has 0 bridgehead atoms. The van der Waals surface area contributed by atoms with Gasteiger partial charge < -0.3 is 14.9 Å². The van der Waals surface area contributed by atoms with E-state index in [-0.39, 0.29) is 6.42 Å². The highest BCUT2D eigenvalue weighted by molar-refractivity contribution is 5.84. The Kier molecular flexibility index (Phi) is 5.37. The number of carboxylic acid groups (broad SMARTS) is 2. The Hall–Kier alpha value is -1.85. The Morgan fingerprint density at radius 1 is 1.41 bits per heavy atom. The molecule has 0 heterocycles. The molecule has 0 radical (unpaired) electrons. The molecule has 0 spiro atoms. The standard InChI is InChI=1S/C11H16O6/c1-4-7(17-9(14)5-2)11(3,10(15)16)6-8(12)13/h5,7H,2,4,6H2,1,3H3,(H,12,13)(H,15,16). The van der Waals surface area contributed by atoms with Gasteiger partial charge in [0.05, 0.1) is 6.42 Å². The molecule has 0 aromatic carbocycles. The summed E-state index contributed by atoms with van der Waals surface area (Å²) < 4.78 is 4.88. The summed E-state index contributed by atoms with van der Waals surface area (Å²) >= 11 is 0. The van der Waals surface area contributed by atoms with Gasteiger partial charge in [-0.05, 0) is 13.3 Å². The van der Waals surface area contributed by atoms with Gasteiger partial charge in [-0.1, -0.05) is 13.5 Å². The summed E-state index contributed by atoms with van der Waals surface area (Å²) in [7, 11) is 0. The molecular weight excluding hydrogens is 228 g/mol. The third kappa shape index (κ3) is 3.90. The van der Waals surface area contributed by atoms with Crippen molar-refractivity contribution >= 4 is 17.9 Å². The lowest BCUT2D eigenvalue weighted by Gasteiger charge is -2.31. The van der Waals surface area contributed by atoms with Crippen LogP contribution in [-0.4, -0.2) is 34.2 Å². The third-order valence-corrected chi connectivity index (χ3v) is 2.51. The van der Waals surface area contributed by atoms with Crippen molar-refractivity contribution in [1.82, 2.24) is 0 Å². The van der Waals surface area contributed by atoms with Crippen molar-refractivity contribution in [2.45, 2.75) is 32.8 Å². The summed E-state index contributed by atoms with van der Waals surface area (Å²) in [5.41, 5.74) is -1.65. The van der Waals surface area contributed by atoms with Crippen LogP contribution in [0.3, 0.4) is 0 Å². The zero-order chi connectivity index (χ0) is 13.6. The van der Waals surface area contributed by atoms with Crippen LogP contribution in [0.1, 0.15) is 26.7 Å². The smallest absolute Gasteiger partial charge is 0.330 e. The van der Waals surface area contributed by atoms with E-state index in [1.54, 1.807) is 6.92 Å². The summed E-state index contributed by atoms with van der Waals surface area (Å²) in [6.45, 7) is 6.06. The molecule has 6 heteroatoms. The second-order valence-electron chi connectivity index (χ2n) is 3.83. The van der Waals surface area contributed by atoms with Gasteiger partial charge in [0.2, 0.25) is 0 Å². The van der Waals surface area contributed by atoms with Gasteiger partial charge in [0.25, 0.3) is 0 Å². The Balaban J connectivity index is 5.11. The van der Waals surface area contributed by atoms with Crippen molar-refractivity contribution in [1.29, 1.82) is 0 Å². The first kappa shape index (κ1) is 15.2. The van der Waals surface area contributed by atoms with Gasteiger partial charge in [0.15, 0.2) is 0 Å². The van der Waals surface area contributed by atoms with E-state index in [2.05, 4.69) is 6.58 Å². The van der Waals surface area contributed by atoms with Crippen LogP contribution in [0.25, 0.3) is 0 Å². The summed E-state index contributed by atoms with van der Waals surface area (Å²) in [5.74, 6) is -3.35. The van der Waals surface area contributed by atoms with Gasteiger partial charge in [-0.3, -0.25) is 9.59 Å². The Morgan fingerprint density at radius 3 is 2.24 bits per heavy atom. The molecule has 0 fully saturated rings. The van der Waals surface area contributed by atoms with E-state index in [1.807, 2.05) is 0 Å². The molecule has 2 atom stereocenters. The van der Waals surface area contributed by atoms with Crippen LogP contribution >= 0.6 is 0 Å². The lowest BCUT2D eigenvalue weighted by molar-refractivity contribution is -0.170. The molecule has 0 aliphatic carbocycles. The topological polar surface area (TPSA) is 101 Å². The monoisotopic (exact) mass is 244 g/mol. The van der Waals surface area contributed by atoms with Crippen LogP contribution in [0.2, 0.25) is 0 Å². The zero-order valence-electron chi connectivity index (χ0n) is 9.80. The Morgan fingerprint density at radius 2 is 1.94 bits per heavy atom. The molecule has 2 N–H and O–H groups in total. The number of carbonyl (C=O) groups excluding carboxylic acids is 1. The average Bonchev–Trinajstić information content (AvgIpc) is 2.23. The number of esters is 1. The van der Waals surface area contributed by atoms with Crippen LogP contribution in [-0.2, 0) is 19.1 Å². The maximum atomic E-state index is 11.1. The van der Waals surface area contributed by atoms with Crippen LogP contribution < -0.4 is 0 Å². The predicted molar refractivity (Wildman–Crippen MR) is 58.4 cm³/mol. The minimum atomic E-state index is -1.65. The number of rotatable bonds is 7. The van der Waals surface area contributed by atoms with E-state index in [1.165, 1.54) is 6.92 Å². The van der Waals surface area contributed by atoms with E-state index in [0.29, 0.717) is 0 Å². The first-order valence-electron chi connectivity index (χ1n) is 5.06. The molecule has 0 rings (SSSR count). The van der Waals surface area contributed by atoms with Gasteiger partial charge in [0.1, 0.15) is 11.5 Å². The van der Waals surface area contributed by atoms with E-state index in [9.17, 15) is 14.4 Å². The molecule has 96 valence electrons. The Labute approximate surface area is 98.9 Å². The van der Waals surface area contributed by atoms with Crippen molar-refractivity contribution in [2.24, 2.45) is 5.41 Å². The summed E-state index contributed by atoms with van der Waals surface area (Å²) in [4.78, 5) is 32.9.